The Morgan fingerprint density at radius 3 is 2.55 bits per heavy atom. The lowest BCUT2D eigenvalue weighted by molar-refractivity contribution is -0.122. The zero-order valence-electron chi connectivity index (χ0n) is 17.4. The minimum atomic E-state index is -0.290. The van der Waals surface area contributed by atoms with Gasteiger partial charge in [0.15, 0.2) is 0 Å². The highest BCUT2D eigenvalue weighted by Crippen LogP contribution is 2.42. The van der Waals surface area contributed by atoms with E-state index in [2.05, 4.69) is 22.4 Å². The zero-order chi connectivity index (χ0) is 20.8. The number of carbonyl (C=O) groups excluding carboxylic acids is 2. The maximum absolute atomic E-state index is 13.2. The molecule has 1 aliphatic heterocycles. The summed E-state index contributed by atoms with van der Waals surface area (Å²) < 4.78 is 0. The molecule has 5 heteroatoms. The summed E-state index contributed by atoms with van der Waals surface area (Å²) in [6, 6.07) is 15.7. The Bertz CT molecular complexity index is 1090. The van der Waals surface area contributed by atoms with Gasteiger partial charge >= 0.3 is 0 Å². The van der Waals surface area contributed by atoms with Gasteiger partial charge in [-0.15, -0.1) is 0 Å². The van der Waals surface area contributed by atoms with E-state index in [9.17, 15) is 9.59 Å². The van der Waals surface area contributed by atoms with Crippen LogP contribution >= 0.6 is 0 Å². The average molecular weight is 389 g/mol. The smallest absolute Gasteiger partial charge is 0.255 e. The van der Waals surface area contributed by atoms with Gasteiger partial charge in [-0.25, -0.2) is 0 Å². The van der Waals surface area contributed by atoms with Crippen LogP contribution in [-0.4, -0.2) is 33.8 Å². The van der Waals surface area contributed by atoms with Gasteiger partial charge in [0.05, 0.1) is 6.04 Å². The van der Waals surface area contributed by atoms with Crippen molar-refractivity contribution in [2.24, 2.45) is 0 Å². The van der Waals surface area contributed by atoms with Gasteiger partial charge in [-0.05, 0) is 45.4 Å². The molecule has 0 saturated carbocycles. The molecular weight excluding hydrogens is 362 g/mol. The average Bonchev–Trinajstić information content (AvgIpc) is 3.12. The summed E-state index contributed by atoms with van der Waals surface area (Å²) in [7, 11) is 0. The normalized spacial score (nSPS) is 16.3. The van der Waals surface area contributed by atoms with E-state index >= 15 is 0 Å². The molecule has 0 aliphatic carbocycles. The number of carbonyl (C=O) groups is 2. The fourth-order valence-electron chi connectivity index (χ4n) is 4.27. The van der Waals surface area contributed by atoms with E-state index in [1.807, 2.05) is 69.0 Å². The minimum absolute atomic E-state index is 0.0150. The fourth-order valence-corrected chi connectivity index (χ4v) is 4.27. The van der Waals surface area contributed by atoms with Crippen molar-refractivity contribution in [3.8, 4) is 0 Å². The van der Waals surface area contributed by atoms with Crippen LogP contribution in [0.3, 0.4) is 0 Å². The molecule has 1 aliphatic rings. The lowest BCUT2D eigenvalue weighted by Gasteiger charge is -2.27. The lowest BCUT2D eigenvalue weighted by atomic mass is 9.95. The molecule has 29 heavy (non-hydrogen) atoms. The summed E-state index contributed by atoms with van der Waals surface area (Å²) in [5.74, 6) is -0.0607. The molecule has 0 radical (unpaired) electrons. The highest BCUT2D eigenvalue weighted by atomic mass is 16.2. The number of H-pyrrole nitrogens is 1. The first-order valence-electron chi connectivity index (χ1n) is 10.0. The van der Waals surface area contributed by atoms with Gasteiger partial charge in [0.1, 0.15) is 0 Å². The molecule has 0 fully saturated rings. The Labute approximate surface area is 171 Å². The first-order valence-corrected chi connectivity index (χ1v) is 10.0. The number of nitrogens with zero attached hydrogens (tertiary/aromatic N) is 1. The van der Waals surface area contributed by atoms with E-state index in [1.54, 1.807) is 0 Å². The van der Waals surface area contributed by atoms with Crippen LogP contribution in [0.4, 0.5) is 0 Å². The molecule has 0 unspecified atom stereocenters. The molecule has 5 nitrogen and oxygen atoms in total. The van der Waals surface area contributed by atoms with E-state index < -0.39 is 0 Å². The number of hydrogen-bond donors (Lipinski definition) is 2. The van der Waals surface area contributed by atoms with Gasteiger partial charge in [0, 0.05) is 46.2 Å². The first-order chi connectivity index (χ1) is 13.8. The molecule has 0 bridgehead atoms. The van der Waals surface area contributed by atoms with E-state index in [0.717, 1.165) is 33.3 Å². The Morgan fingerprint density at radius 1 is 1.10 bits per heavy atom. The number of nitrogens with one attached hydrogen (secondary N) is 2. The first kappa shape index (κ1) is 19.2. The van der Waals surface area contributed by atoms with Crippen LogP contribution in [0.15, 0.2) is 48.5 Å². The van der Waals surface area contributed by atoms with Crippen LogP contribution in [0.2, 0.25) is 0 Å². The summed E-state index contributed by atoms with van der Waals surface area (Å²) in [6.07, 6.45) is 0.273. The van der Waals surface area contributed by atoms with Crippen molar-refractivity contribution in [1.82, 2.24) is 15.2 Å². The number of rotatable bonds is 4. The second-order valence-electron chi connectivity index (χ2n) is 8.75. The molecule has 0 saturated heterocycles. The standard InChI is InChI=1S/C24H27N3O2/c1-15-21(18-11-7-8-12-19(18)25-15)22-16-9-5-6-10-17(16)23(29)27(22)14-13-20(28)26-24(2,3)4/h5-12,22,25H,13-14H2,1-4H3,(H,26,28)/t22-/m1/s1. The molecule has 1 aromatic heterocycles. The predicted molar refractivity (Wildman–Crippen MR) is 115 cm³/mol. The number of amides is 2. The zero-order valence-corrected chi connectivity index (χ0v) is 17.4. The number of aromatic nitrogens is 1. The maximum Gasteiger partial charge on any atom is 0.255 e. The number of benzene rings is 2. The molecule has 2 amide bonds. The molecule has 1 atom stereocenters. The SMILES string of the molecule is Cc1[nH]c2ccccc2c1[C@H]1c2ccccc2C(=O)N1CCC(=O)NC(C)(C)C. The second kappa shape index (κ2) is 7.07. The molecule has 0 spiro atoms. The highest BCUT2D eigenvalue weighted by Gasteiger charge is 2.39. The molecular formula is C24H27N3O2. The summed E-state index contributed by atoms with van der Waals surface area (Å²) in [5.41, 5.74) is 4.64. The van der Waals surface area contributed by atoms with E-state index in [0.29, 0.717) is 6.54 Å². The van der Waals surface area contributed by atoms with Crippen molar-refractivity contribution in [3.63, 3.8) is 0 Å². The van der Waals surface area contributed by atoms with E-state index in [1.165, 1.54) is 0 Å². The monoisotopic (exact) mass is 389 g/mol. The van der Waals surface area contributed by atoms with Crippen molar-refractivity contribution < 1.29 is 9.59 Å². The van der Waals surface area contributed by atoms with Crippen LogP contribution < -0.4 is 5.32 Å². The number of para-hydroxylation sites is 1. The van der Waals surface area contributed by atoms with E-state index in [4.69, 9.17) is 0 Å². The number of hydrogen-bond acceptors (Lipinski definition) is 2. The van der Waals surface area contributed by atoms with Crippen LogP contribution in [0.25, 0.3) is 10.9 Å². The third-order valence-corrected chi connectivity index (χ3v) is 5.37. The Hall–Kier alpha value is -3.08. The summed E-state index contributed by atoms with van der Waals surface area (Å²) >= 11 is 0. The summed E-state index contributed by atoms with van der Waals surface area (Å²) in [6.45, 7) is 8.30. The Morgan fingerprint density at radius 2 is 1.79 bits per heavy atom. The van der Waals surface area contributed by atoms with Crippen molar-refractivity contribution in [2.75, 3.05) is 6.54 Å². The van der Waals surface area contributed by atoms with Crippen molar-refractivity contribution >= 4 is 22.7 Å². The number of aryl methyl sites for hydroxylation is 1. The Kier molecular flexibility index (Phi) is 4.69. The van der Waals surface area contributed by atoms with E-state index in [-0.39, 0.29) is 29.8 Å². The predicted octanol–water partition coefficient (Wildman–Crippen LogP) is 4.33. The topological polar surface area (TPSA) is 65.2 Å². The number of aromatic amines is 1. The van der Waals surface area contributed by atoms with Crippen LogP contribution in [0.5, 0.6) is 0 Å². The van der Waals surface area contributed by atoms with Gasteiger partial charge in [-0.1, -0.05) is 36.4 Å². The van der Waals surface area contributed by atoms with Gasteiger partial charge in [0.25, 0.3) is 5.91 Å². The van der Waals surface area contributed by atoms with Crippen molar-refractivity contribution in [1.29, 1.82) is 0 Å². The van der Waals surface area contributed by atoms with Crippen LogP contribution in [0, 0.1) is 6.92 Å². The third-order valence-electron chi connectivity index (χ3n) is 5.37. The molecule has 2 N–H and O–H groups in total. The minimum Gasteiger partial charge on any atom is -0.358 e. The molecule has 150 valence electrons. The van der Waals surface area contributed by atoms with Crippen LogP contribution in [-0.2, 0) is 4.79 Å². The quantitative estimate of drug-likeness (QED) is 0.698. The third kappa shape index (κ3) is 3.53. The number of fused-ring (bicyclic) bond motifs is 2. The summed E-state index contributed by atoms with van der Waals surface area (Å²) in [4.78, 5) is 30.9. The Balaban J connectivity index is 1.73. The molecule has 2 aromatic carbocycles. The molecule has 4 rings (SSSR count). The second-order valence-corrected chi connectivity index (χ2v) is 8.75. The van der Waals surface area contributed by atoms with Gasteiger partial charge in [0.2, 0.25) is 5.91 Å². The van der Waals surface area contributed by atoms with Gasteiger partial charge < -0.3 is 15.2 Å². The van der Waals surface area contributed by atoms with Crippen molar-refractivity contribution in [2.45, 2.75) is 45.7 Å². The van der Waals surface area contributed by atoms with Gasteiger partial charge in [-0.2, -0.15) is 0 Å². The van der Waals surface area contributed by atoms with Crippen molar-refractivity contribution in [3.05, 3.63) is 70.9 Å². The summed E-state index contributed by atoms with van der Waals surface area (Å²) in [5, 5.41) is 4.10. The molecule has 3 aromatic rings. The highest BCUT2D eigenvalue weighted by molar-refractivity contribution is 6.01. The fraction of sp³-hybridized carbons (Fsp3) is 0.333. The van der Waals surface area contributed by atoms with Crippen LogP contribution in [0.1, 0.15) is 60.4 Å². The largest absolute Gasteiger partial charge is 0.358 e. The van der Waals surface area contributed by atoms with Gasteiger partial charge in [-0.3, -0.25) is 9.59 Å². The molecule has 2 heterocycles. The maximum atomic E-state index is 13.2. The lowest BCUT2D eigenvalue weighted by Crippen LogP contribution is -2.42.